The lowest BCUT2D eigenvalue weighted by Crippen LogP contribution is -2.24. The average molecular weight is 340 g/mol. The highest BCUT2D eigenvalue weighted by Crippen LogP contribution is 2.35. The molecule has 1 aliphatic rings. The lowest BCUT2D eigenvalue weighted by Gasteiger charge is -2.16. The van der Waals surface area contributed by atoms with Gasteiger partial charge in [0.2, 0.25) is 0 Å². The van der Waals surface area contributed by atoms with Crippen molar-refractivity contribution in [1.29, 1.82) is 0 Å². The van der Waals surface area contributed by atoms with Crippen molar-refractivity contribution in [2.75, 3.05) is 20.2 Å². The molecular formula is C19H20N2O4. The van der Waals surface area contributed by atoms with Crippen molar-refractivity contribution >= 4 is 11.7 Å². The third-order valence-corrected chi connectivity index (χ3v) is 4.68. The number of carbonyl (C=O) groups is 1. The van der Waals surface area contributed by atoms with Gasteiger partial charge in [-0.2, -0.15) is 0 Å². The summed E-state index contributed by atoms with van der Waals surface area (Å²) in [5, 5.41) is 10.8. The van der Waals surface area contributed by atoms with Gasteiger partial charge >= 0.3 is 5.97 Å². The predicted molar refractivity (Wildman–Crippen MR) is 93.1 cm³/mol. The number of benzene rings is 2. The minimum Gasteiger partial charge on any atom is -0.469 e. The Labute approximate surface area is 146 Å². The fourth-order valence-corrected chi connectivity index (χ4v) is 3.43. The summed E-state index contributed by atoms with van der Waals surface area (Å²) in [5.74, 6) is -0.536. The number of rotatable bonds is 5. The molecule has 6 heteroatoms. The van der Waals surface area contributed by atoms with Gasteiger partial charge in [0.25, 0.3) is 5.69 Å². The molecule has 0 N–H and O–H groups in total. The molecule has 0 bridgehead atoms. The molecule has 0 aliphatic carbocycles. The minimum absolute atomic E-state index is 0.0306. The van der Waals surface area contributed by atoms with Crippen LogP contribution in [0.2, 0.25) is 0 Å². The first kappa shape index (κ1) is 17.1. The van der Waals surface area contributed by atoms with E-state index < -0.39 is 4.92 Å². The van der Waals surface area contributed by atoms with Gasteiger partial charge in [-0.15, -0.1) is 0 Å². The molecule has 0 aromatic heterocycles. The molecule has 1 heterocycles. The van der Waals surface area contributed by atoms with E-state index in [2.05, 4.69) is 17.0 Å². The quantitative estimate of drug-likeness (QED) is 0.475. The number of hydrogen-bond acceptors (Lipinski definition) is 5. The van der Waals surface area contributed by atoms with Gasteiger partial charge in [-0.1, -0.05) is 42.5 Å². The number of hydrogen-bond donors (Lipinski definition) is 0. The number of esters is 1. The molecule has 2 aromatic carbocycles. The molecule has 130 valence electrons. The molecule has 0 radical (unpaired) electrons. The Balaban J connectivity index is 1.80. The SMILES string of the molecule is COC(=O)C1CN(Cc2ccccc2)CC1c1ccc([N+](=O)[O-])cc1. The van der Waals surface area contributed by atoms with Crippen LogP contribution in [0.15, 0.2) is 54.6 Å². The van der Waals surface area contributed by atoms with Crippen LogP contribution in [-0.2, 0) is 16.1 Å². The van der Waals surface area contributed by atoms with Crippen molar-refractivity contribution in [2.24, 2.45) is 5.92 Å². The van der Waals surface area contributed by atoms with Crippen molar-refractivity contribution in [3.8, 4) is 0 Å². The van der Waals surface area contributed by atoms with Crippen molar-refractivity contribution in [3.05, 3.63) is 75.8 Å². The molecule has 2 unspecified atom stereocenters. The lowest BCUT2D eigenvalue weighted by molar-refractivity contribution is -0.384. The third-order valence-electron chi connectivity index (χ3n) is 4.68. The first-order valence-electron chi connectivity index (χ1n) is 8.17. The maximum atomic E-state index is 12.2. The van der Waals surface area contributed by atoms with Gasteiger partial charge in [-0.05, 0) is 11.1 Å². The average Bonchev–Trinajstić information content (AvgIpc) is 3.05. The van der Waals surface area contributed by atoms with E-state index in [-0.39, 0.29) is 23.5 Å². The Kier molecular flexibility index (Phi) is 5.09. The maximum Gasteiger partial charge on any atom is 0.310 e. The number of carbonyl (C=O) groups excluding carboxylic acids is 1. The number of methoxy groups -OCH3 is 1. The van der Waals surface area contributed by atoms with Crippen molar-refractivity contribution in [2.45, 2.75) is 12.5 Å². The number of non-ortho nitro benzene ring substituents is 1. The van der Waals surface area contributed by atoms with Crippen LogP contribution in [0.4, 0.5) is 5.69 Å². The summed E-state index contributed by atoms with van der Waals surface area (Å²) in [4.78, 5) is 24.9. The maximum absolute atomic E-state index is 12.2. The fraction of sp³-hybridized carbons (Fsp3) is 0.316. The topological polar surface area (TPSA) is 72.7 Å². The van der Waals surface area contributed by atoms with Gasteiger partial charge in [-0.3, -0.25) is 19.8 Å². The highest BCUT2D eigenvalue weighted by atomic mass is 16.6. The van der Waals surface area contributed by atoms with E-state index in [1.165, 1.54) is 24.8 Å². The van der Waals surface area contributed by atoms with Crippen molar-refractivity contribution < 1.29 is 14.5 Å². The van der Waals surface area contributed by atoms with Crippen LogP contribution in [0.3, 0.4) is 0 Å². The fourth-order valence-electron chi connectivity index (χ4n) is 3.43. The zero-order chi connectivity index (χ0) is 17.8. The smallest absolute Gasteiger partial charge is 0.310 e. The second kappa shape index (κ2) is 7.44. The predicted octanol–water partition coefficient (Wildman–Crippen LogP) is 2.98. The molecule has 0 saturated carbocycles. The third kappa shape index (κ3) is 3.85. The van der Waals surface area contributed by atoms with Gasteiger partial charge in [0.1, 0.15) is 0 Å². The molecule has 0 amide bonds. The van der Waals surface area contributed by atoms with Crippen molar-refractivity contribution in [1.82, 2.24) is 4.90 Å². The summed E-state index contributed by atoms with van der Waals surface area (Å²) in [6.45, 7) is 2.09. The standard InChI is InChI=1S/C19H20N2O4/c1-25-19(22)18-13-20(11-14-5-3-2-4-6-14)12-17(18)15-7-9-16(10-8-15)21(23)24/h2-10,17-18H,11-13H2,1H3. The zero-order valence-corrected chi connectivity index (χ0v) is 14.0. The number of nitrogens with zero attached hydrogens (tertiary/aromatic N) is 2. The number of nitro groups is 1. The first-order chi connectivity index (χ1) is 12.1. The first-order valence-corrected chi connectivity index (χ1v) is 8.17. The van der Waals surface area contributed by atoms with Crippen molar-refractivity contribution in [3.63, 3.8) is 0 Å². The minimum atomic E-state index is -0.419. The molecule has 1 aliphatic heterocycles. The molecule has 1 fully saturated rings. The van der Waals surface area contributed by atoms with Crippen LogP contribution < -0.4 is 0 Å². The lowest BCUT2D eigenvalue weighted by atomic mass is 9.89. The van der Waals surface area contributed by atoms with Crippen LogP contribution in [0.1, 0.15) is 17.0 Å². The summed E-state index contributed by atoms with van der Waals surface area (Å²) in [5.41, 5.74) is 2.17. The van der Waals surface area contributed by atoms with Gasteiger partial charge < -0.3 is 4.74 Å². The van der Waals surface area contributed by atoms with Gasteiger partial charge in [0.15, 0.2) is 0 Å². The molecule has 2 aromatic rings. The van der Waals surface area contributed by atoms with Gasteiger partial charge in [0, 0.05) is 37.7 Å². The molecule has 2 atom stereocenters. The summed E-state index contributed by atoms with van der Waals surface area (Å²) >= 11 is 0. The summed E-state index contributed by atoms with van der Waals surface area (Å²) in [6.07, 6.45) is 0. The number of ether oxygens (including phenoxy) is 1. The molecule has 1 saturated heterocycles. The Bertz CT molecular complexity index is 746. The van der Waals surface area contributed by atoms with Crippen LogP contribution >= 0.6 is 0 Å². The molecular weight excluding hydrogens is 320 g/mol. The zero-order valence-electron chi connectivity index (χ0n) is 14.0. The van der Waals surface area contributed by atoms with Crippen LogP contribution in [0.25, 0.3) is 0 Å². The molecule has 3 rings (SSSR count). The van der Waals surface area contributed by atoms with E-state index in [1.807, 2.05) is 18.2 Å². The van der Waals surface area contributed by atoms with E-state index in [9.17, 15) is 14.9 Å². The Hall–Kier alpha value is -2.73. The van der Waals surface area contributed by atoms with E-state index >= 15 is 0 Å². The highest BCUT2D eigenvalue weighted by molar-refractivity contribution is 5.74. The highest BCUT2D eigenvalue weighted by Gasteiger charge is 2.39. The van der Waals surface area contributed by atoms with Crippen LogP contribution in [0, 0.1) is 16.0 Å². The normalized spacial score (nSPS) is 20.4. The van der Waals surface area contributed by atoms with E-state index in [0.717, 1.165) is 12.1 Å². The monoisotopic (exact) mass is 340 g/mol. The number of likely N-dealkylation sites (tertiary alicyclic amines) is 1. The van der Waals surface area contributed by atoms with Gasteiger partial charge in [0.05, 0.1) is 18.0 Å². The van der Waals surface area contributed by atoms with Crippen LogP contribution in [-0.4, -0.2) is 36.0 Å². The largest absolute Gasteiger partial charge is 0.469 e. The van der Waals surface area contributed by atoms with E-state index in [4.69, 9.17) is 4.74 Å². The van der Waals surface area contributed by atoms with Crippen LogP contribution in [0.5, 0.6) is 0 Å². The Morgan fingerprint density at radius 2 is 1.84 bits per heavy atom. The molecule has 25 heavy (non-hydrogen) atoms. The second-order valence-corrected chi connectivity index (χ2v) is 6.26. The molecule has 0 spiro atoms. The second-order valence-electron chi connectivity index (χ2n) is 6.26. The summed E-state index contributed by atoms with van der Waals surface area (Å²) < 4.78 is 4.97. The van der Waals surface area contributed by atoms with E-state index in [0.29, 0.717) is 13.1 Å². The molecule has 6 nitrogen and oxygen atoms in total. The number of nitro benzene ring substituents is 1. The van der Waals surface area contributed by atoms with Gasteiger partial charge in [-0.25, -0.2) is 0 Å². The summed E-state index contributed by atoms with van der Waals surface area (Å²) in [6, 6.07) is 16.6. The summed E-state index contributed by atoms with van der Waals surface area (Å²) in [7, 11) is 1.40. The Morgan fingerprint density at radius 1 is 1.16 bits per heavy atom. The Morgan fingerprint density at radius 3 is 2.44 bits per heavy atom. The van der Waals surface area contributed by atoms with E-state index in [1.54, 1.807) is 12.1 Å².